The van der Waals surface area contributed by atoms with Gasteiger partial charge in [0.15, 0.2) is 0 Å². The lowest BCUT2D eigenvalue weighted by atomic mass is 10.0. The summed E-state index contributed by atoms with van der Waals surface area (Å²) in [7, 11) is 0. The minimum atomic E-state index is -1.24. The van der Waals surface area contributed by atoms with Gasteiger partial charge in [0.1, 0.15) is 0 Å². The minimum absolute atomic E-state index is 0.125. The molecule has 0 N–H and O–H groups in total. The molecule has 2 aromatic carbocycles. The summed E-state index contributed by atoms with van der Waals surface area (Å²) in [6.07, 6.45) is 0. The second kappa shape index (κ2) is 5.18. The van der Waals surface area contributed by atoms with E-state index in [1.165, 1.54) is 5.56 Å². The molecule has 2 aromatic rings. The van der Waals surface area contributed by atoms with E-state index in [1.54, 1.807) is 4.90 Å². The molecule has 1 amide bonds. The number of nitrogens with zero attached hydrogens (tertiary/aromatic N) is 1. The molecule has 4 nitrogen and oxygen atoms in total. The van der Waals surface area contributed by atoms with E-state index in [-0.39, 0.29) is 5.91 Å². The molecule has 118 valence electrons. The molecule has 4 rings (SSSR count). The Morgan fingerprint density at radius 3 is 2.43 bits per heavy atom. The molecule has 23 heavy (non-hydrogen) atoms. The van der Waals surface area contributed by atoms with Gasteiger partial charge < -0.3 is 14.4 Å². The summed E-state index contributed by atoms with van der Waals surface area (Å²) in [5, 5.41) is 0. The van der Waals surface area contributed by atoms with Crippen molar-refractivity contribution in [1.82, 2.24) is 0 Å². The van der Waals surface area contributed by atoms with Crippen molar-refractivity contribution in [2.24, 2.45) is 0 Å². The smallest absolute Gasteiger partial charge is 0.292 e. The number of carbonyl (C=O) groups excluding carboxylic acids is 1. The highest BCUT2D eigenvalue weighted by atomic mass is 16.7. The fraction of sp³-hybridized carbons (Fsp3) is 0.316. The quantitative estimate of drug-likeness (QED) is 0.856. The van der Waals surface area contributed by atoms with Crippen LogP contribution in [0.25, 0.3) is 0 Å². The minimum Gasteiger partial charge on any atom is -0.336 e. The largest absolute Gasteiger partial charge is 0.336 e. The Hall–Kier alpha value is -2.17. The van der Waals surface area contributed by atoms with Gasteiger partial charge in [-0.05, 0) is 25.0 Å². The number of para-hydroxylation sites is 1. The van der Waals surface area contributed by atoms with Crippen LogP contribution < -0.4 is 4.90 Å². The van der Waals surface area contributed by atoms with E-state index in [4.69, 9.17) is 9.47 Å². The molecule has 1 fully saturated rings. The third-order valence-electron chi connectivity index (χ3n) is 4.54. The van der Waals surface area contributed by atoms with E-state index < -0.39 is 5.79 Å². The number of rotatable bonds is 2. The fourth-order valence-electron chi connectivity index (χ4n) is 3.40. The van der Waals surface area contributed by atoms with E-state index >= 15 is 0 Å². The maximum absolute atomic E-state index is 13.1. The monoisotopic (exact) mass is 309 g/mol. The van der Waals surface area contributed by atoms with Gasteiger partial charge in [-0.3, -0.25) is 4.79 Å². The Balaban J connectivity index is 1.79. The summed E-state index contributed by atoms with van der Waals surface area (Å²) in [6.45, 7) is 5.47. The molecule has 1 saturated heterocycles. The van der Waals surface area contributed by atoms with E-state index in [9.17, 15) is 4.79 Å². The van der Waals surface area contributed by atoms with Crippen molar-refractivity contribution in [3.05, 3.63) is 64.7 Å². The lowest BCUT2D eigenvalue weighted by Gasteiger charge is -2.22. The molecule has 0 bridgehead atoms. The maximum Gasteiger partial charge on any atom is 0.292 e. The second-order valence-corrected chi connectivity index (χ2v) is 6.16. The van der Waals surface area contributed by atoms with E-state index in [0.717, 1.165) is 22.4 Å². The molecule has 2 aliphatic heterocycles. The van der Waals surface area contributed by atoms with Gasteiger partial charge in [0.2, 0.25) is 0 Å². The molecule has 0 unspecified atom stereocenters. The molecule has 0 saturated carbocycles. The van der Waals surface area contributed by atoms with Crippen molar-refractivity contribution in [3.8, 4) is 0 Å². The number of benzene rings is 2. The molecule has 1 spiro atoms. The molecule has 2 heterocycles. The standard InChI is InChI=1S/C19H19NO3/c1-13-6-8-15(9-7-13)12-20-17-14(2)4-3-5-16(17)19(18(20)21)22-10-11-23-19/h3-9H,10-12H2,1-2H3. The predicted molar refractivity (Wildman–Crippen MR) is 87.1 cm³/mol. The van der Waals surface area contributed by atoms with Gasteiger partial charge >= 0.3 is 0 Å². The average molecular weight is 309 g/mol. The van der Waals surface area contributed by atoms with E-state index in [2.05, 4.69) is 31.2 Å². The van der Waals surface area contributed by atoms with Crippen LogP contribution in [0.5, 0.6) is 0 Å². The third-order valence-corrected chi connectivity index (χ3v) is 4.54. The number of aryl methyl sites for hydroxylation is 2. The summed E-state index contributed by atoms with van der Waals surface area (Å²) in [6, 6.07) is 14.1. The topological polar surface area (TPSA) is 38.8 Å². The Labute approximate surface area is 135 Å². The number of carbonyl (C=O) groups is 1. The Bertz CT molecular complexity index is 761. The highest BCUT2D eigenvalue weighted by molar-refractivity contribution is 6.06. The number of ether oxygens (including phenoxy) is 2. The zero-order valence-electron chi connectivity index (χ0n) is 13.3. The number of amides is 1. The summed E-state index contributed by atoms with van der Waals surface area (Å²) in [4.78, 5) is 14.9. The molecule has 0 radical (unpaired) electrons. The predicted octanol–water partition coefficient (Wildman–Crippen LogP) is 3.05. The van der Waals surface area contributed by atoms with Crippen LogP contribution in [0.1, 0.15) is 22.3 Å². The molecule has 4 heteroatoms. The first-order valence-electron chi connectivity index (χ1n) is 7.87. The number of hydrogen-bond donors (Lipinski definition) is 0. The Kier molecular flexibility index (Phi) is 3.25. The van der Waals surface area contributed by atoms with Crippen molar-refractivity contribution in [2.45, 2.75) is 26.2 Å². The SMILES string of the molecule is Cc1ccc(CN2C(=O)C3(OCCO3)c3cccc(C)c32)cc1. The molecule has 2 aliphatic rings. The van der Waals surface area contributed by atoms with Gasteiger partial charge in [-0.15, -0.1) is 0 Å². The molecular weight excluding hydrogens is 290 g/mol. The van der Waals surface area contributed by atoms with Crippen molar-refractivity contribution in [1.29, 1.82) is 0 Å². The molecule has 0 atom stereocenters. The lowest BCUT2D eigenvalue weighted by Crippen LogP contribution is -2.40. The fourth-order valence-corrected chi connectivity index (χ4v) is 3.40. The van der Waals surface area contributed by atoms with Gasteiger partial charge in [-0.25, -0.2) is 0 Å². The highest BCUT2D eigenvalue weighted by Gasteiger charge is 2.56. The summed E-state index contributed by atoms with van der Waals surface area (Å²) < 4.78 is 11.5. The second-order valence-electron chi connectivity index (χ2n) is 6.16. The first kappa shape index (κ1) is 14.4. The van der Waals surface area contributed by atoms with Crippen LogP contribution in [0, 0.1) is 13.8 Å². The number of hydrogen-bond acceptors (Lipinski definition) is 3. The number of fused-ring (bicyclic) bond motifs is 2. The average Bonchev–Trinajstić information content (AvgIpc) is 3.12. The Morgan fingerprint density at radius 1 is 1.04 bits per heavy atom. The zero-order valence-corrected chi connectivity index (χ0v) is 13.3. The van der Waals surface area contributed by atoms with Crippen LogP contribution >= 0.6 is 0 Å². The van der Waals surface area contributed by atoms with Crippen LogP contribution in [0.3, 0.4) is 0 Å². The van der Waals surface area contributed by atoms with Crippen LogP contribution in [-0.4, -0.2) is 19.1 Å². The van der Waals surface area contributed by atoms with Crippen LogP contribution in [0.2, 0.25) is 0 Å². The summed E-state index contributed by atoms with van der Waals surface area (Å²) in [5.74, 6) is -1.37. The van der Waals surface area contributed by atoms with Crippen molar-refractivity contribution < 1.29 is 14.3 Å². The summed E-state index contributed by atoms with van der Waals surface area (Å²) in [5.41, 5.74) is 5.09. The third kappa shape index (κ3) is 2.10. The highest BCUT2D eigenvalue weighted by Crippen LogP contribution is 2.47. The maximum atomic E-state index is 13.1. The Morgan fingerprint density at radius 2 is 1.74 bits per heavy atom. The van der Waals surface area contributed by atoms with Gasteiger partial charge in [-0.2, -0.15) is 0 Å². The molecule has 0 aliphatic carbocycles. The lowest BCUT2D eigenvalue weighted by molar-refractivity contribution is -0.180. The molecular formula is C19H19NO3. The first-order chi connectivity index (χ1) is 11.1. The van der Waals surface area contributed by atoms with Gasteiger partial charge in [0.25, 0.3) is 11.7 Å². The van der Waals surface area contributed by atoms with Crippen LogP contribution in [-0.2, 0) is 26.6 Å². The summed E-state index contributed by atoms with van der Waals surface area (Å²) >= 11 is 0. The van der Waals surface area contributed by atoms with Gasteiger partial charge in [0, 0.05) is 5.56 Å². The normalized spacial score (nSPS) is 18.7. The number of anilines is 1. The van der Waals surface area contributed by atoms with E-state index in [0.29, 0.717) is 19.8 Å². The van der Waals surface area contributed by atoms with Crippen molar-refractivity contribution in [3.63, 3.8) is 0 Å². The van der Waals surface area contributed by atoms with E-state index in [1.807, 2.05) is 25.1 Å². The van der Waals surface area contributed by atoms with Crippen LogP contribution in [0.4, 0.5) is 5.69 Å². The van der Waals surface area contributed by atoms with Crippen LogP contribution in [0.15, 0.2) is 42.5 Å². The van der Waals surface area contributed by atoms with Gasteiger partial charge in [0.05, 0.1) is 25.4 Å². The first-order valence-corrected chi connectivity index (χ1v) is 7.87. The van der Waals surface area contributed by atoms with Crippen molar-refractivity contribution in [2.75, 3.05) is 18.1 Å². The van der Waals surface area contributed by atoms with Crippen molar-refractivity contribution >= 4 is 11.6 Å². The van der Waals surface area contributed by atoms with Gasteiger partial charge in [-0.1, -0.05) is 48.0 Å². The zero-order chi connectivity index (χ0) is 16.0. The molecule has 0 aromatic heterocycles.